The lowest BCUT2D eigenvalue weighted by molar-refractivity contribution is 0.0434. The van der Waals surface area contributed by atoms with Gasteiger partial charge in [-0.1, -0.05) is 18.2 Å². The number of ether oxygens (including phenoxy) is 1. The van der Waals surface area contributed by atoms with E-state index in [1.54, 1.807) is 0 Å². The van der Waals surface area contributed by atoms with Crippen LogP contribution in [0.3, 0.4) is 0 Å². The molecule has 1 aliphatic heterocycles. The quantitative estimate of drug-likeness (QED) is 0.569. The SMILES string of the molecule is C(=C\CN1CCOCC1)/CCCc1cccnc1. The standard InChI is InChI=1S/C15H22N2O/c1(3-6-15-7-5-8-16-14-15)2-4-9-17-10-12-18-13-11-17/h2,4-5,7-8,14H,1,3,6,9-13H2/b4-2+. The molecule has 98 valence electrons. The van der Waals surface area contributed by atoms with Crippen LogP contribution in [-0.4, -0.2) is 42.7 Å². The van der Waals surface area contributed by atoms with Crippen LogP contribution in [0.4, 0.5) is 0 Å². The van der Waals surface area contributed by atoms with E-state index in [9.17, 15) is 0 Å². The van der Waals surface area contributed by atoms with Gasteiger partial charge in [0.1, 0.15) is 0 Å². The number of rotatable bonds is 6. The lowest BCUT2D eigenvalue weighted by Crippen LogP contribution is -2.36. The Morgan fingerprint density at radius 3 is 2.94 bits per heavy atom. The zero-order chi connectivity index (χ0) is 12.5. The van der Waals surface area contributed by atoms with E-state index in [4.69, 9.17) is 4.74 Å². The fourth-order valence-electron chi connectivity index (χ4n) is 2.10. The molecule has 3 nitrogen and oxygen atoms in total. The first kappa shape index (κ1) is 13.2. The van der Waals surface area contributed by atoms with Crippen molar-refractivity contribution in [3.63, 3.8) is 0 Å². The maximum atomic E-state index is 5.32. The van der Waals surface area contributed by atoms with Gasteiger partial charge in [0, 0.05) is 32.0 Å². The van der Waals surface area contributed by atoms with Crippen LogP contribution < -0.4 is 0 Å². The van der Waals surface area contributed by atoms with Crippen LogP contribution in [0.5, 0.6) is 0 Å². The van der Waals surface area contributed by atoms with Crippen molar-refractivity contribution in [2.75, 3.05) is 32.8 Å². The van der Waals surface area contributed by atoms with E-state index < -0.39 is 0 Å². The molecule has 1 aromatic heterocycles. The summed E-state index contributed by atoms with van der Waals surface area (Å²) in [7, 11) is 0. The second-order valence-corrected chi connectivity index (χ2v) is 4.64. The maximum absolute atomic E-state index is 5.32. The fraction of sp³-hybridized carbons (Fsp3) is 0.533. The molecule has 0 N–H and O–H groups in total. The number of morpholine rings is 1. The van der Waals surface area contributed by atoms with Crippen molar-refractivity contribution in [3.8, 4) is 0 Å². The van der Waals surface area contributed by atoms with Gasteiger partial charge in [0.2, 0.25) is 0 Å². The largest absolute Gasteiger partial charge is 0.379 e. The highest BCUT2D eigenvalue weighted by atomic mass is 16.5. The van der Waals surface area contributed by atoms with Gasteiger partial charge in [-0.2, -0.15) is 0 Å². The number of unbranched alkanes of at least 4 members (excludes halogenated alkanes) is 1. The van der Waals surface area contributed by atoms with Gasteiger partial charge >= 0.3 is 0 Å². The van der Waals surface area contributed by atoms with Crippen molar-refractivity contribution < 1.29 is 4.74 Å². The zero-order valence-corrected chi connectivity index (χ0v) is 10.9. The Hall–Kier alpha value is -1.19. The number of hydrogen-bond donors (Lipinski definition) is 0. The van der Waals surface area contributed by atoms with Crippen molar-refractivity contribution in [1.29, 1.82) is 0 Å². The van der Waals surface area contributed by atoms with Gasteiger partial charge in [-0.05, 0) is 30.9 Å². The van der Waals surface area contributed by atoms with E-state index in [1.165, 1.54) is 12.0 Å². The minimum Gasteiger partial charge on any atom is -0.379 e. The Morgan fingerprint density at radius 1 is 1.28 bits per heavy atom. The van der Waals surface area contributed by atoms with Crippen molar-refractivity contribution in [2.24, 2.45) is 0 Å². The average molecular weight is 246 g/mol. The third kappa shape index (κ3) is 4.98. The van der Waals surface area contributed by atoms with Crippen LogP contribution in [-0.2, 0) is 11.2 Å². The summed E-state index contributed by atoms with van der Waals surface area (Å²) in [6, 6.07) is 4.15. The van der Waals surface area contributed by atoms with Crippen LogP contribution in [0.25, 0.3) is 0 Å². The second-order valence-electron chi connectivity index (χ2n) is 4.64. The third-order valence-corrected chi connectivity index (χ3v) is 3.19. The van der Waals surface area contributed by atoms with E-state index in [2.05, 4.69) is 28.1 Å². The smallest absolute Gasteiger partial charge is 0.0594 e. The van der Waals surface area contributed by atoms with Gasteiger partial charge in [-0.15, -0.1) is 0 Å². The number of aromatic nitrogens is 1. The first-order chi connectivity index (χ1) is 8.95. The number of pyridine rings is 1. The minimum absolute atomic E-state index is 0.884. The highest BCUT2D eigenvalue weighted by Crippen LogP contribution is 2.03. The Kier molecular flexibility index (Phi) is 5.89. The summed E-state index contributed by atoms with van der Waals surface area (Å²) in [6.45, 7) is 4.97. The molecule has 0 saturated carbocycles. The molecular weight excluding hydrogens is 224 g/mol. The topological polar surface area (TPSA) is 25.4 Å². The normalized spacial score (nSPS) is 17.3. The average Bonchev–Trinajstić information content (AvgIpc) is 2.45. The molecule has 1 saturated heterocycles. The number of nitrogens with zero attached hydrogens (tertiary/aromatic N) is 2. The maximum Gasteiger partial charge on any atom is 0.0594 e. The highest BCUT2D eigenvalue weighted by molar-refractivity contribution is 5.08. The predicted molar refractivity (Wildman–Crippen MR) is 73.6 cm³/mol. The van der Waals surface area contributed by atoms with Crippen molar-refractivity contribution in [3.05, 3.63) is 42.2 Å². The molecule has 2 rings (SSSR count). The first-order valence-corrected chi connectivity index (χ1v) is 6.79. The van der Waals surface area contributed by atoms with Crippen LogP contribution >= 0.6 is 0 Å². The molecular formula is C15H22N2O. The molecule has 0 unspecified atom stereocenters. The van der Waals surface area contributed by atoms with Crippen molar-refractivity contribution in [1.82, 2.24) is 9.88 Å². The van der Waals surface area contributed by atoms with Crippen molar-refractivity contribution >= 4 is 0 Å². The Morgan fingerprint density at radius 2 is 2.17 bits per heavy atom. The van der Waals surface area contributed by atoms with Crippen LogP contribution in [0.2, 0.25) is 0 Å². The Bertz CT molecular complexity index is 345. The molecule has 0 aliphatic carbocycles. The molecule has 0 radical (unpaired) electrons. The summed E-state index contributed by atoms with van der Waals surface area (Å²) >= 11 is 0. The molecule has 1 fully saturated rings. The lowest BCUT2D eigenvalue weighted by Gasteiger charge is -2.25. The zero-order valence-electron chi connectivity index (χ0n) is 10.9. The summed E-state index contributed by atoms with van der Waals surface area (Å²) in [6.07, 6.45) is 11.8. The summed E-state index contributed by atoms with van der Waals surface area (Å²) in [5.74, 6) is 0. The fourth-order valence-corrected chi connectivity index (χ4v) is 2.10. The summed E-state index contributed by atoms with van der Waals surface area (Å²) < 4.78 is 5.32. The minimum atomic E-state index is 0.884. The molecule has 0 bridgehead atoms. The van der Waals surface area contributed by atoms with E-state index >= 15 is 0 Å². The molecule has 0 atom stereocenters. The van der Waals surface area contributed by atoms with Gasteiger partial charge in [-0.3, -0.25) is 9.88 Å². The van der Waals surface area contributed by atoms with E-state index in [0.29, 0.717) is 0 Å². The summed E-state index contributed by atoms with van der Waals surface area (Å²) in [5, 5.41) is 0. The van der Waals surface area contributed by atoms with Crippen LogP contribution in [0.15, 0.2) is 36.7 Å². The van der Waals surface area contributed by atoms with Gasteiger partial charge in [0.05, 0.1) is 13.2 Å². The summed E-state index contributed by atoms with van der Waals surface area (Å²) in [4.78, 5) is 6.56. The van der Waals surface area contributed by atoms with Crippen LogP contribution in [0, 0.1) is 0 Å². The molecule has 2 heterocycles. The third-order valence-electron chi connectivity index (χ3n) is 3.19. The molecule has 0 aromatic carbocycles. The Labute approximate surface area is 109 Å². The van der Waals surface area contributed by atoms with Crippen LogP contribution in [0.1, 0.15) is 18.4 Å². The molecule has 0 spiro atoms. The van der Waals surface area contributed by atoms with Gasteiger partial charge in [0.15, 0.2) is 0 Å². The Balaban J connectivity index is 1.55. The molecule has 18 heavy (non-hydrogen) atoms. The van der Waals surface area contributed by atoms with Gasteiger partial charge < -0.3 is 4.74 Å². The lowest BCUT2D eigenvalue weighted by atomic mass is 10.1. The molecule has 1 aromatic rings. The predicted octanol–water partition coefficient (Wildman–Crippen LogP) is 2.29. The monoisotopic (exact) mass is 246 g/mol. The van der Waals surface area contributed by atoms with Gasteiger partial charge in [-0.25, -0.2) is 0 Å². The van der Waals surface area contributed by atoms with Crippen molar-refractivity contribution in [2.45, 2.75) is 19.3 Å². The number of hydrogen-bond acceptors (Lipinski definition) is 3. The second kappa shape index (κ2) is 8.01. The molecule has 1 aliphatic rings. The van der Waals surface area contributed by atoms with E-state index in [0.717, 1.165) is 45.7 Å². The highest BCUT2D eigenvalue weighted by Gasteiger charge is 2.07. The first-order valence-electron chi connectivity index (χ1n) is 6.79. The van der Waals surface area contributed by atoms with Gasteiger partial charge in [0.25, 0.3) is 0 Å². The van der Waals surface area contributed by atoms with E-state index in [-0.39, 0.29) is 0 Å². The number of allylic oxidation sites excluding steroid dienone is 1. The van der Waals surface area contributed by atoms with E-state index in [1.807, 2.05) is 18.5 Å². The summed E-state index contributed by atoms with van der Waals surface area (Å²) in [5.41, 5.74) is 1.33. The molecule has 0 amide bonds. The number of aryl methyl sites for hydroxylation is 1. The molecule has 3 heteroatoms.